The minimum Gasteiger partial charge on any atom is -0.459 e. The lowest BCUT2D eigenvalue weighted by Crippen LogP contribution is -2.54. The Morgan fingerprint density at radius 3 is 2.10 bits per heavy atom. The van der Waals surface area contributed by atoms with Gasteiger partial charge in [-0.1, -0.05) is 74.0 Å². The van der Waals surface area contributed by atoms with Crippen LogP contribution in [-0.4, -0.2) is 54.6 Å². The van der Waals surface area contributed by atoms with Crippen LogP contribution < -0.4 is 16.0 Å². The Morgan fingerprint density at radius 2 is 1.51 bits per heavy atom. The fraction of sp³-hybridized carbons (Fsp3) is 0.433. The van der Waals surface area contributed by atoms with Crippen LogP contribution in [0.15, 0.2) is 60.7 Å². The summed E-state index contributed by atoms with van der Waals surface area (Å²) in [7, 11) is 0. The van der Waals surface area contributed by atoms with Crippen LogP contribution >= 0.6 is 0 Å². The molecule has 0 saturated carbocycles. The van der Waals surface area contributed by atoms with Gasteiger partial charge in [0.15, 0.2) is 6.10 Å². The molecule has 11 heteroatoms. The molecule has 2 aromatic rings. The van der Waals surface area contributed by atoms with Gasteiger partial charge in [0.05, 0.1) is 0 Å². The number of carbonyl (C=O) groups excluding carboxylic acids is 5. The van der Waals surface area contributed by atoms with Crippen molar-refractivity contribution in [2.24, 2.45) is 5.92 Å². The van der Waals surface area contributed by atoms with Gasteiger partial charge in [-0.2, -0.15) is 0 Å². The highest BCUT2D eigenvalue weighted by Gasteiger charge is 2.46. The number of esters is 2. The molecule has 0 unspecified atom stereocenters. The Morgan fingerprint density at radius 1 is 0.902 bits per heavy atom. The number of cyclic esters (lactones) is 1. The molecule has 1 saturated heterocycles. The molecule has 1 fully saturated rings. The van der Waals surface area contributed by atoms with Crippen molar-refractivity contribution in [1.29, 1.82) is 0 Å². The fourth-order valence-corrected chi connectivity index (χ4v) is 4.16. The van der Waals surface area contributed by atoms with E-state index in [2.05, 4.69) is 16.0 Å². The van der Waals surface area contributed by atoms with Crippen molar-refractivity contribution in [2.45, 2.75) is 70.9 Å². The molecule has 220 valence electrons. The number of hydrogen-bond donors (Lipinski definition) is 3. The fourth-order valence-electron chi connectivity index (χ4n) is 4.16. The zero-order chi connectivity index (χ0) is 29.6. The van der Waals surface area contributed by atoms with Gasteiger partial charge in [0, 0.05) is 6.54 Å². The second-order valence-electron chi connectivity index (χ2n) is 9.77. The average Bonchev–Trinajstić information content (AvgIpc) is 2.98. The molecule has 0 bridgehead atoms. The highest BCUT2D eigenvalue weighted by Crippen LogP contribution is 2.26. The van der Waals surface area contributed by atoms with Crippen molar-refractivity contribution < 1.29 is 38.2 Å². The first kappa shape index (κ1) is 31.1. The summed E-state index contributed by atoms with van der Waals surface area (Å²) in [6.07, 6.45) is 0.242. The number of alkyl carbamates (subject to hydrolysis) is 1. The molecule has 1 aliphatic rings. The highest BCUT2D eigenvalue weighted by atomic mass is 16.6. The second kappa shape index (κ2) is 16.0. The van der Waals surface area contributed by atoms with Gasteiger partial charge in [-0.3, -0.25) is 14.4 Å². The van der Waals surface area contributed by atoms with E-state index in [1.165, 1.54) is 6.92 Å². The molecule has 0 aliphatic carbocycles. The van der Waals surface area contributed by atoms with Crippen molar-refractivity contribution in [2.75, 3.05) is 6.54 Å². The number of amides is 3. The van der Waals surface area contributed by atoms with Crippen molar-refractivity contribution >= 4 is 29.8 Å². The smallest absolute Gasteiger partial charge is 0.408 e. The highest BCUT2D eigenvalue weighted by molar-refractivity contribution is 5.94. The molecule has 2 aromatic carbocycles. The summed E-state index contributed by atoms with van der Waals surface area (Å²) in [6, 6.07) is 16.2. The first-order chi connectivity index (χ1) is 19.8. The molecule has 3 rings (SSSR count). The van der Waals surface area contributed by atoms with Gasteiger partial charge in [-0.25, -0.2) is 9.59 Å². The quantitative estimate of drug-likeness (QED) is 0.169. The molecule has 0 radical (unpaired) electrons. The first-order valence-electron chi connectivity index (χ1n) is 13.7. The predicted octanol–water partition coefficient (Wildman–Crippen LogP) is 2.77. The van der Waals surface area contributed by atoms with Gasteiger partial charge in [0.2, 0.25) is 5.91 Å². The molecule has 3 N–H and O–H groups in total. The van der Waals surface area contributed by atoms with E-state index >= 15 is 0 Å². The summed E-state index contributed by atoms with van der Waals surface area (Å²) in [6.45, 7) is 3.66. The Kier molecular flexibility index (Phi) is 12.1. The van der Waals surface area contributed by atoms with Gasteiger partial charge in [-0.05, 0) is 37.3 Å². The van der Waals surface area contributed by atoms with E-state index < -0.39 is 42.1 Å². The number of rotatable bonds is 15. The van der Waals surface area contributed by atoms with Crippen LogP contribution in [0.5, 0.6) is 0 Å². The third kappa shape index (κ3) is 9.93. The molecule has 41 heavy (non-hydrogen) atoms. The lowest BCUT2D eigenvalue weighted by atomic mass is 9.91. The minimum absolute atomic E-state index is 0.0221. The lowest BCUT2D eigenvalue weighted by molar-refractivity contribution is -0.189. The van der Waals surface area contributed by atoms with E-state index in [-0.39, 0.29) is 38.1 Å². The molecule has 11 nitrogen and oxygen atoms in total. The van der Waals surface area contributed by atoms with E-state index in [4.69, 9.17) is 14.2 Å². The first-order valence-corrected chi connectivity index (χ1v) is 13.7. The summed E-state index contributed by atoms with van der Waals surface area (Å²) >= 11 is 0. The Labute approximate surface area is 239 Å². The monoisotopic (exact) mass is 567 g/mol. The van der Waals surface area contributed by atoms with Crippen LogP contribution in [0.3, 0.4) is 0 Å². The maximum absolute atomic E-state index is 12.9. The molecule has 0 spiro atoms. The molecule has 0 aromatic heterocycles. The van der Waals surface area contributed by atoms with Gasteiger partial charge in [0.25, 0.3) is 5.91 Å². The molecular formula is C30H37N3O8. The Bertz CT molecular complexity index is 1170. The summed E-state index contributed by atoms with van der Waals surface area (Å²) in [5.74, 6) is -2.45. The zero-order valence-corrected chi connectivity index (χ0v) is 23.3. The lowest BCUT2D eigenvalue weighted by Gasteiger charge is -2.33. The summed E-state index contributed by atoms with van der Waals surface area (Å²) < 4.78 is 15.6. The largest absolute Gasteiger partial charge is 0.459 e. The topological polar surface area (TPSA) is 149 Å². The average molecular weight is 568 g/mol. The molecule has 3 amide bonds. The van der Waals surface area contributed by atoms with E-state index in [9.17, 15) is 24.0 Å². The van der Waals surface area contributed by atoms with Crippen molar-refractivity contribution in [1.82, 2.24) is 16.0 Å². The van der Waals surface area contributed by atoms with Crippen LogP contribution in [0, 0.1) is 5.92 Å². The van der Waals surface area contributed by atoms with Crippen LogP contribution in [0.4, 0.5) is 4.79 Å². The van der Waals surface area contributed by atoms with Gasteiger partial charge < -0.3 is 30.2 Å². The van der Waals surface area contributed by atoms with Crippen LogP contribution in [0.1, 0.15) is 50.7 Å². The van der Waals surface area contributed by atoms with Crippen molar-refractivity contribution in [3.8, 4) is 0 Å². The zero-order valence-electron chi connectivity index (χ0n) is 23.3. The molecule has 1 aliphatic heterocycles. The third-order valence-corrected chi connectivity index (χ3v) is 6.50. The number of carbonyl (C=O) groups is 5. The Hall–Kier alpha value is -4.41. The maximum atomic E-state index is 12.9. The van der Waals surface area contributed by atoms with Crippen LogP contribution in [0.2, 0.25) is 0 Å². The third-order valence-electron chi connectivity index (χ3n) is 6.50. The Balaban J connectivity index is 1.50. The second-order valence-corrected chi connectivity index (χ2v) is 9.77. The van der Waals surface area contributed by atoms with E-state index in [1.54, 1.807) is 12.1 Å². The minimum atomic E-state index is -1.03. The van der Waals surface area contributed by atoms with Gasteiger partial charge in [-0.15, -0.1) is 0 Å². The summed E-state index contributed by atoms with van der Waals surface area (Å²) in [5, 5.41) is 7.80. The van der Waals surface area contributed by atoms with Crippen LogP contribution in [0.25, 0.3) is 0 Å². The standard InChI is InChI=1S/C30H37N3O8/c1-3-11-23-25(41-28(23)36)27(35)31-17-10-16-24(29(37)39-18-21-12-6-4-7-13-21)33-26(34)20(2)32-30(38)40-19-22-14-8-5-9-15-22/h4-9,12-15,20,23-25H,3,10-11,16-19H2,1-2H3,(H,31,35)(H,32,38)(H,33,34)/t20-,23-,24-,25+/m0/s1. The van der Waals surface area contributed by atoms with Gasteiger partial charge in [0.1, 0.15) is 31.2 Å². The van der Waals surface area contributed by atoms with E-state index in [0.29, 0.717) is 12.8 Å². The van der Waals surface area contributed by atoms with E-state index in [1.807, 2.05) is 55.5 Å². The molecule has 1 heterocycles. The predicted molar refractivity (Wildman–Crippen MR) is 148 cm³/mol. The van der Waals surface area contributed by atoms with Crippen molar-refractivity contribution in [3.05, 3.63) is 71.8 Å². The summed E-state index contributed by atoms with van der Waals surface area (Å²) in [4.78, 5) is 61.9. The SMILES string of the molecule is CCC[C@@H]1C(=O)O[C@H]1C(=O)NCCC[C@H](NC(=O)[C@H](C)NC(=O)OCc1ccccc1)C(=O)OCc1ccccc1. The summed E-state index contributed by atoms with van der Waals surface area (Å²) in [5.41, 5.74) is 1.58. The number of ether oxygens (including phenoxy) is 3. The normalized spacial score (nSPS) is 17.2. The van der Waals surface area contributed by atoms with Gasteiger partial charge >= 0.3 is 18.0 Å². The maximum Gasteiger partial charge on any atom is 0.408 e. The van der Waals surface area contributed by atoms with Crippen molar-refractivity contribution in [3.63, 3.8) is 0 Å². The molecular weight excluding hydrogens is 530 g/mol. The number of benzene rings is 2. The van der Waals surface area contributed by atoms with E-state index in [0.717, 1.165) is 17.5 Å². The molecule has 4 atom stereocenters. The number of nitrogens with one attached hydrogen (secondary N) is 3. The van der Waals surface area contributed by atoms with Crippen LogP contribution in [-0.2, 0) is 46.6 Å². The number of hydrogen-bond acceptors (Lipinski definition) is 8.